The predicted molar refractivity (Wildman–Crippen MR) is 95.7 cm³/mol. The van der Waals surface area contributed by atoms with E-state index in [1.165, 1.54) is 0 Å². The highest BCUT2D eigenvalue weighted by Crippen LogP contribution is 2.05. The van der Waals surface area contributed by atoms with Crippen LogP contribution in [-0.4, -0.2) is 30.6 Å². The third-order valence-corrected chi connectivity index (χ3v) is 3.16. The largest absolute Gasteiger partial charge is 0.350 e. The summed E-state index contributed by atoms with van der Waals surface area (Å²) in [6.07, 6.45) is 0.811. The van der Waals surface area contributed by atoms with Crippen LogP contribution in [0.15, 0.2) is 30.3 Å². The van der Waals surface area contributed by atoms with E-state index in [0.717, 1.165) is 6.42 Å². The molecule has 0 aromatic heterocycles. The van der Waals surface area contributed by atoms with Crippen molar-refractivity contribution in [1.29, 1.82) is 0 Å². The molecule has 1 rings (SSSR count). The monoisotopic (exact) mass is 342 g/mol. The van der Waals surface area contributed by atoms with E-state index in [0.29, 0.717) is 18.2 Å². The number of para-hydroxylation sites is 1. The maximum absolute atomic E-state index is 12.1. The van der Waals surface area contributed by atoms with Crippen LogP contribution in [0.5, 0.6) is 0 Å². The molecular formula is C16H27ClN4O2. The highest BCUT2D eigenvalue weighted by molar-refractivity contribution is 5.93. The summed E-state index contributed by atoms with van der Waals surface area (Å²) in [6.45, 7) is 6.17. The Morgan fingerprint density at radius 1 is 1.09 bits per heavy atom. The van der Waals surface area contributed by atoms with Gasteiger partial charge in [0.15, 0.2) is 0 Å². The Bertz CT molecular complexity index is 482. The zero-order valence-electron chi connectivity index (χ0n) is 13.8. The zero-order valence-corrected chi connectivity index (χ0v) is 14.7. The summed E-state index contributed by atoms with van der Waals surface area (Å²) >= 11 is 0. The summed E-state index contributed by atoms with van der Waals surface area (Å²) in [5.74, 6) is 0.206. The van der Waals surface area contributed by atoms with Crippen LogP contribution in [0.25, 0.3) is 0 Å². The minimum Gasteiger partial charge on any atom is -0.350 e. The first-order chi connectivity index (χ1) is 10.4. The molecule has 0 aliphatic carbocycles. The van der Waals surface area contributed by atoms with Crippen LogP contribution >= 0.6 is 12.4 Å². The lowest BCUT2D eigenvalue weighted by atomic mass is 10.0. The molecule has 0 spiro atoms. The van der Waals surface area contributed by atoms with E-state index in [4.69, 9.17) is 5.73 Å². The second-order valence-electron chi connectivity index (χ2n) is 5.76. The van der Waals surface area contributed by atoms with Crippen LogP contribution in [0.4, 0.5) is 10.5 Å². The summed E-state index contributed by atoms with van der Waals surface area (Å²) in [5, 5.41) is 8.14. The fourth-order valence-corrected chi connectivity index (χ4v) is 2.06. The molecule has 1 aromatic rings. The van der Waals surface area contributed by atoms with E-state index in [1.54, 1.807) is 19.1 Å². The number of carbonyl (C=O) groups is 2. The standard InChI is InChI=1S/C16H26N4O2.ClH/c1-11(2)9-14(10-17)19-15(21)12(3)18-16(22)20-13-7-5-4-6-8-13;/h4-8,11-12,14H,9-10,17H2,1-3H3,(H,19,21)(H2,18,20,22);1H. The number of hydrogen-bond donors (Lipinski definition) is 4. The molecule has 5 N–H and O–H groups in total. The lowest BCUT2D eigenvalue weighted by Crippen LogP contribution is -2.51. The minimum absolute atomic E-state index is 0. The summed E-state index contributed by atoms with van der Waals surface area (Å²) in [5.41, 5.74) is 6.33. The van der Waals surface area contributed by atoms with Crippen molar-refractivity contribution in [1.82, 2.24) is 10.6 Å². The fourth-order valence-electron chi connectivity index (χ4n) is 2.06. The Morgan fingerprint density at radius 3 is 2.22 bits per heavy atom. The summed E-state index contributed by atoms with van der Waals surface area (Å²) in [6, 6.07) is 7.93. The molecule has 0 aliphatic heterocycles. The van der Waals surface area contributed by atoms with Crippen molar-refractivity contribution in [2.24, 2.45) is 11.7 Å². The molecule has 0 radical (unpaired) electrons. The van der Waals surface area contributed by atoms with E-state index >= 15 is 0 Å². The predicted octanol–water partition coefficient (Wildman–Crippen LogP) is 2.11. The third kappa shape index (κ3) is 8.42. The van der Waals surface area contributed by atoms with E-state index in [-0.39, 0.29) is 24.4 Å². The van der Waals surface area contributed by atoms with Gasteiger partial charge in [0.25, 0.3) is 0 Å². The molecular weight excluding hydrogens is 316 g/mol. The smallest absolute Gasteiger partial charge is 0.319 e. The van der Waals surface area contributed by atoms with Crippen LogP contribution < -0.4 is 21.7 Å². The number of rotatable bonds is 7. The van der Waals surface area contributed by atoms with Crippen LogP contribution in [-0.2, 0) is 4.79 Å². The molecule has 0 heterocycles. The Hall–Kier alpha value is -1.79. The van der Waals surface area contributed by atoms with Gasteiger partial charge in [-0.1, -0.05) is 32.0 Å². The number of nitrogens with one attached hydrogen (secondary N) is 3. The average Bonchev–Trinajstić information content (AvgIpc) is 2.46. The second-order valence-corrected chi connectivity index (χ2v) is 5.76. The Kier molecular flexibility index (Phi) is 10.0. The molecule has 7 heteroatoms. The molecule has 3 amide bonds. The van der Waals surface area contributed by atoms with Gasteiger partial charge in [0.1, 0.15) is 6.04 Å². The number of urea groups is 1. The quantitative estimate of drug-likeness (QED) is 0.611. The Morgan fingerprint density at radius 2 is 1.70 bits per heavy atom. The number of nitrogens with two attached hydrogens (primary N) is 1. The number of benzene rings is 1. The maximum Gasteiger partial charge on any atom is 0.319 e. The minimum atomic E-state index is -0.634. The van der Waals surface area contributed by atoms with Gasteiger partial charge >= 0.3 is 6.03 Å². The molecule has 2 unspecified atom stereocenters. The van der Waals surface area contributed by atoms with Crippen molar-refractivity contribution in [2.45, 2.75) is 39.3 Å². The lowest BCUT2D eigenvalue weighted by molar-refractivity contribution is -0.123. The third-order valence-electron chi connectivity index (χ3n) is 3.16. The van der Waals surface area contributed by atoms with E-state index < -0.39 is 12.1 Å². The normalized spacial score (nSPS) is 12.7. The Labute approximate surface area is 144 Å². The van der Waals surface area contributed by atoms with Gasteiger partial charge in [-0.15, -0.1) is 12.4 Å². The van der Waals surface area contributed by atoms with Crippen molar-refractivity contribution < 1.29 is 9.59 Å². The molecule has 23 heavy (non-hydrogen) atoms. The molecule has 0 bridgehead atoms. The first-order valence-electron chi connectivity index (χ1n) is 7.55. The number of hydrogen-bond acceptors (Lipinski definition) is 3. The van der Waals surface area contributed by atoms with E-state index in [2.05, 4.69) is 29.8 Å². The molecule has 0 aliphatic rings. The molecule has 0 fully saturated rings. The number of carbonyl (C=O) groups excluding carboxylic acids is 2. The second kappa shape index (κ2) is 10.9. The van der Waals surface area contributed by atoms with Gasteiger partial charge in [0.2, 0.25) is 5.91 Å². The number of anilines is 1. The van der Waals surface area contributed by atoms with Crippen molar-refractivity contribution >= 4 is 30.0 Å². The van der Waals surface area contributed by atoms with Crippen LogP contribution in [0.2, 0.25) is 0 Å². The van der Waals surface area contributed by atoms with Crippen LogP contribution in [0.1, 0.15) is 27.2 Å². The first-order valence-corrected chi connectivity index (χ1v) is 7.55. The van der Waals surface area contributed by atoms with Crippen molar-refractivity contribution in [3.8, 4) is 0 Å². The van der Waals surface area contributed by atoms with Gasteiger partial charge in [-0.3, -0.25) is 4.79 Å². The summed E-state index contributed by atoms with van der Waals surface area (Å²) < 4.78 is 0. The SMILES string of the molecule is CC(C)CC(CN)NC(=O)C(C)NC(=O)Nc1ccccc1.Cl. The molecule has 2 atom stereocenters. The van der Waals surface area contributed by atoms with Crippen molar-refractivity contribution in [3.05, 3.63) is 30.3 Å². The lowest BCUT2D eigenvalue weighted by Gasteiger charge is -2.21. The first kappa shape index (κ1) is 21.2. The summed E-state index contributed by atoms with van der Waals surface area (Å²) in [7, 11) is 0. The van der Waals surface area contributed by atoms with Gasteiger partial charge in [-0.25, -0.2) is 4.79 Å². The van der Waals surface area contributed by atoms with Gasteiger partial charge in [0, 0.05) is 18.3 Å². The molecule has 6 nitrogen and oxygen atoms in total. The highest BCUT2D eigenvalue weighted by atomic mass is 35.5. The number of halogens is 1. The average molecular weight is 343 g/mol. The van der Waals surface area contributed by atoms with Gasteiger partial charge in [-0.05, 0) is 31.4 Å². The van der Waals surface area contributed by atoms with Gasteiger partial charge in [-0.2, -0.15) is 0 Å². The maximum atomic E-state index is 12.1. The molecule has 1 aromatic carbocycles. The van der Waals surface area contributed by atoms with Crippen molar-refractivity contribution in [3.63, 3.8) is 0 Å². The molecule has 0 saturated carbocycles. The zero-order chi connectivity index (χ0) is 16.5. The van der Waals surface area contributed by atoms with E-state index in [9.17, 15) is 9.59 Å². The van der Waals surface area contributed by atoms with Crippen molar-refractivity contribution in [2.75, 3.05) is 11.9 Å². The number of amides is 3. The van der Waals surface area contributed by atoms with Crippen LogP contribution in [0, 0.1) is 5.92 Å². The van der Waals surface area contributed by atoms with E-state index in [1.807, 2.05) is 18.2 Å². The topological polar surface area (TPSA) is 96.2 Å². The highest BCUT2D eigenvalue weighted by Gasteiger charge is 2.19. The summed E-state index contributed by atoms with van der Waals surface area (Å²) in [4.78, 5) is 23.9. The Balaban J connectivity index is 0.00000484. The van der Waals surface area contributed by atoms with Crippen LogP contribution in [0.3, 0.4) is 0 Å². The van der Waals surface area contributed by atoms with Gasteiger partial charge in [0.05, 0.1) is 0 Å². The van der Waals surface area contributed by atoms with Gasteiger partial charge < -0.3 is 21.7 Å². The molecule has 0 saturated heterocycles. The molecule has 130 valence electrons. The fraction of sp³-hybridized carbons (Fsp3) is 0.500.